The summed E-state index contributed by atoms with van der Waals surface area (Å²) in [7, 11) is 0. The van der Waals surface area contributed by atoms with Crippen LogP contribution in [0, 0.1) is 5.82 Å². The van der Waals surface area contributed by atoms with E-state index in [1.807, 2.05) is 19.1 Å². The topological polar surface area (TPSA) is 83.5 Å². The average Bonchev–Trinajstić information content (AvgIpc) is 2.53. The van der Waals surface area contributed by atoms with Gasteiger partial charge in [-0.1, -0.05) is 17.3 Å². The SMILES string of the molecule is C[C@@H](NCc1ccc(/C(N)=N/O)cc1F)c1ccncc1. The lowest BCUT2D eigenvalue weighted by atomic mass is 10.1. The number of hydrogen-bond donors (Lipinski definition) is 3. The monoisotopic (exact) mass is 288 g/mol. The van der Waals surface area contributed by atoms with Crippen LogP contribution in [0.5, 0.6) is 0 Å². The van der Waals surface area contributed by atoms with E-state index in [2.05, 4.69) is 15.5 Å². The Morgan fingerprint density at radius 2 is 2.10 bits per heavy atom. The Kier molecular flexibility index (Phi) is 4.84. The van der Waals surface area contributed by atoms with Gasteiger partial charge < -0.3 is 16.3 Å². The summed E-state index contributed by atoms with van der Waals surface area (Å²) in [6, 6.07) is 8.39. The predicted molar refractivity (Wildman–Crippen MR) is 78.4 cm³/mol. The van der Waals surface area contributed by atoms with Crippen molar-refractivity contribution >= 4 is 5.84 Å². The summed E-state index contributed by atoms with van der Waals surface area (Å²) in [6.45, 7) is 2.38. The minimum atomic E-state index is -0.395. The van der Waals surface area contributed by atoms with Gasteiger partial charge in [0, 0.05) is 36.1 Å². The molecule has 0 aliphatic rings. The maximum Gasteiger partial charge on any atom is 0.170 e. The summed E-state index contributed by atoms with van der Waals surface area (Å²) in [5, 5.41) is 14.7. The Morgan fingerprint density at radius 3 is 2.71 bits per heavy atom. The minimum Gasteiger partial charge on any atom is -0.409 e. The van der Waals surface area contributed by atoms with Gasteiger partial charge in [0.1, 0.15) is 5.82 Å². The molecule has 1 aromatic heterocycles. The lowest BCUT2D eigenvalue weighted by molar-refractivity contribution is 0.318. The van der Waals surface area contributed by atoms with Crippen molar-refractivity contribution in [3.05, 3.63) is 65.2 Å². The van der Waals surface area contributed by atoms with Crippen molar-refractivity contribution in [3.8, 4) is 0 Å². The Balaban J connectivity index is 2.04. The molecule has 21 heavy (non-hydrogen) atoms. The molecule has 6 heteroatoms. The predicted octanol–water partition coefficient (Wildman–Crippen LogP) is 2.17. The van der Waals surface area contributed by atoms with Gasteiger partial charge in [-0.05, 0) is 30.7 Å². The molecule has 1 atom stereocenters. The van der Waals surface area contributed by atoms with Crippen molar-refractivity contribution in [2.75, 3.05) is 0 Å². The van der Waals surface area contributed by atoms with Crippen LogP contribution in [0.25, 0.3) is 0 Å². The molecular formula is C15H17FN4O. The second-order valence-corrected chi connectivity index (χ2v) is 4.67. The van der Waals surface area contributed by atoms with Crippen molar-refractivity contribution in [3.63, 3.8) is 0 Å². The molecule has 0 bridgehead atoms. The van der Waals surface area contributed by atoms with Crippen molar-refractivity contribution in [1.82, 2.24) is 10.3 Å². The van der Waals surface area contributed by atoms with E-state index in [0.717, 1.165) is 5.56 Å². The van der Waals surface area contributed by atoms with E-state index in [1.165, 1.54) is 6.07 Å². The first kappa shape index (κ1) is 14.9. The van der Waals surface area contributed by atoms with E-state index >= 15 is 0 Å². The van der Waals surface area contributed by atoms with E-state index in [1.54, 1.807) is 24.5 Å². The van der Waals surface area contributed by atoms with Gasteiger partial charge in [0.2, 0.25) is 0 Å². The molecule has 110 valence electrons. The first-order valence-electron chi connectivity index (χ1n) is 6.51. The summed E-state index contributed by atoms with van der Waals surface area (Å²) in [6.07, 6.45) is 3.44. The fraction of sp³-hybridized carbons (Fsp3) is 0.200. The number of nitrogens with zero attached hydrogens (tertiary/aromatic N) is 2. The van der Waals surface area contributed by atoms with E-state index in [9.17, 15) is 4.39 Å². The molecule has 0 radical (unpaired) electrons. The maximum atomic E-state index is 14.0. The third-order valence-electron chi connectivity index (χ3n) is 3.26. The number of rotatable bonds is 5. The zero-order valence-electron chi connectivity index (χ0n) is 11.6. The number of aromatic nitrogens is 1. The third kappa shape index (κ3) is 3.76. The quantitative estimate of drug-likeness (QED) is 0.341. The van der Waals surface area contributed by atoms with Gasteiger partial charge in [0.25, 0.3) is 0 Å². The molecule has 4 N–H and O–H groups in total. The van der Waals surface area contributed by atoms with Crippen LogP contribution < -0.4 is 11.1 Å². The highest BCUT2D eigenvalue weighted by molar-refractivity contribution is 5.97. The van der Waals surface area contributed by atoms with Crippen LogP contribution in [0.3, 0.4) is 0 Å². The van der Waals surface area contributed by atoms with Gasteiger partial charge in [-0.3, -0.25) is 4.98 Å². The number of benzene rings is 1. The van der Waals surface area contributed by atoms with Crippen LogP contribution in [0.4, 0.5) is 4.39 Å². The molecule has 0 spiro atoms. The molecule has 1 aromatic carbocycles. The van der Waals surface area contributed by atoms with Crippen molar-refractivity contribution in [1.29, 1.82) is 0 Å². The molecule has 2 aromatic rings. The van der Waals surface area contributed by atoms with Gasteiger partial charge in [-0.15, -0.1) is 0 Å². The van der Waals surface area contributed by atoms with Gasteiger partial charge in [-0.2, -0.15) is 0 Å². The molecule has 0 unspecified atom stereocenters. The summed E-state index contributed by atoms with van der Waals surface area (Å²) in [4.78, 5) is 3.96. The Hall–Kier alpha value is -2.47. The second kappa shape index (κ2) is 6.81. The number of nitrogens with two attached hydrogens (primary N) is 1. The third-order valence-corrected chi connectivity index (χ3v) is 3.26. The van der Waals surface area contributed by atoms with Crippen LogP contribution in [0.2, 0.25) is 0 Å². The molecule has 0 saturated carbocycles. The Labute approximate surface area is 122 Å². The van der Waals surface area contributed by atoms with Crippen molar-refractivity contribution < 1.29 is 9.60 Å². The standard InChI is InChI=1S/C15H17FN4O/c1-10(11-4-6-18-7-5-11)19-9-13-3-2-12(8-14(13)16)15(17)20-21/h2-8,10,19,21H,9H2,1H3,(H2,17,20)/t10-/m1/s1. The van der Waals surface area contributed by atoms with Crippen molar-refractivity contribution in [2.24, 2.45) is 10.9 Å². The summed E-state index contributed by atoms with van der Waals surface area (Å²) in [5.41, 5.74) is 7.37. The number of hydrogen-bond acceptors (Lipinski definition) is 4. The van der Waals surface area contributed by atoms with E-state index < -0.39 is 5.82 Å². The van der Waals surface area contributed by atoms with Crippen LogP contribution >= 0.6 is 0 Å². The first-order valence-corrected chi connectivity index (χ1v) is 6.51. The molecule has 0 aliphatic carbocycles. The van der Waals surface area contributed by atoms with Crippen molar-refractivity contribution in [2.45, 2.75) is 19.5 Å². The van der Waals surface area contributed by atoms with Crippen LogP contribution in [0.1, 0.15) is 29.7 Å². The molecule has 0 aliphatic heterocycles. The minimum absolute atomic E-state index is 0.0798. The van der Waals surface area contributed by atoms with Gasteiger partial charge in [0.15, 0.2) is 5.84 Å². The fourth-order valence-electron chi connectivity index (χ4n) is 1.94. The molecule has 2 rings (SSSR count). The second-order valence-electron chi connectivity index (χ2n) is 4.67. The molecule has 0 amide bonds. The lowest BCUT2D eigenvalue weighted by Crippen LogP contribution is -2.19. The molecule has 1 heterocycles. The molecular weight excluding hydrogens is 271 g/mol. The largest absolute Gasteiger partial charge is 0.409 e. The van der Waals surface area contributed by atoms with E-state index in [-0.39, 0.29) is 11.9 Å². The number of oxime groups is 1. The van der Waals surface area contributed by atoms with Gasteiger partial charge in [-0.25, -0.2) is 4.39 Å². The highest BCUT2D eigenvalue weighted by Crippen LogP contribution is 2.14. The van der Waals surface area contributed by atoms with E-state index in [0.29, 0.717) is 17.7 Å². The summed E-state index contributed by atoms with van der Waals surface area (Å²) in [5.74, 6) is -0.507. The number of amidine groups is 1. The zero-order chi connectivity index (χ0) is 15.2. The fourth-order valence-corrected chi connectivity index (χ4v) is 1.94. The number of nitrogens with one attached hydrogen (secondary N) is 1. The summed E-state index contributed by atoms with van der Waals surface area (Å²) >= 11 is 0. The Bertz CT molecular complexity index is 631. The summed E-state index contributed by atoms with van der Waals surface area (Å²) < 4.78 is 14.0. The van der Waals surface area contributed by atoms with Crippen LogP contribution in [-0.4, -0.2) is 16.0 Å². The Morgan fingerprint density at radius 1 is 1.38 bits per heavy atom. The highest BCUT2D eigenvalue weighted by Gasteiger charge is 2.09. The van der Waals surface area contributed by atoms with Crippen LogP contribution in [0.15, 0.2) is 47.9 Å². The maximum absolute atomic E-state index is 14.0. The zero-order valence-corrected chi connectivity index (χ0v) is 11.6. The highest BCUT2D eigenvalue weighted by atomic mass is 19.1. The van der Waals surface area contributed by atoms with Crippen LogP contribution in [-0.2, 0) is 6.54 Å². The smallest absolute Gasteiger partial charge is 0.170 e. The number of pyridine rings is 1. The molecule has 0 fully saturated rings. The molecule has 0 saturated heterocycles. The first-order chi connectivity index (χ1) is 10.1. The van der Waals surface area contributed by atoms with Gasteiger partial charge >= 0.3 is 0 Å². The number of halogens is 1. The lowest BCUT2D eigenvalue weighted by Gasteiger charge is -2.14. The van der Waals surface area contributed by atoms with Gasteiger partial charge in [0.05, 0.1) is 0 Å². The normalized spacial score (nSPS) is 13.1. The molecule has 5 nitrogen and oxygen atoms in total. The van der Waals surface area contributed by atoms with E-state index in [4.69, 9.17) is 10.9 Å². The average molecular weight is 288 g/mol.